The van der Waals surface area contributed by atoms with E-state index in [1.165, 1.54) is 11.8 Å². The number of tetrazole rings is 1. The van der Waals surface area contributed by atoms with Crippen LogP contribution >= 0.6 is 11.8 Å². The van der Waals surface area contributed by atoms with Crippen LogP contribution in [0.5, 0.6) is 0 Å². The number of carbonyl (C=O) groups excluding carboxylic acids is 3. The number of carbonyl (C=O) groups is 3. The Morgan fingerprint density at radius 2 is 1.76 bits per heavy atom. The lowest BCUT2D eigenvalue weighted by atomic mass is 10.1. The Labute approximate surface area is 170 Å². The molecular weight excluding hydrogens is 392 g/mol. The van der Waals surface area contributed by atoms with E-state index in [4.69, 9.17) is 0 Å². The van der Waals surface area contributed by atoms with E-state index in [-0.39, 0.29) is 30.6 Å². The second kappa shape index (κ2) is 7.84. The Morgan fingerprint density at radius 1 is 1.03 bits per heavy atom. The first-order chi connectivity index (χ1) is 14.1. The molecule has 0 unspecified atom stereocenters. The fourth-order valence-corrected chi connectivity index (χ4v) is 3.45. The lowest BCUT2D eigenvalue weighted by Gasteiger charge is -2.14. The maximum atomic E-state index is 12.6. The van der Waals surface area contributed by atoms with Crippen LogP contribution in [-0.2, 0) is 9.59 Å². The van der Waals surface area contributed by atoms with Gasteiger partial charge in [0.1, 0.15) is 0 Å². The largest absolute Gasteiger partial charge is 0.322 e. The Balaban J connectivity index is 1.50. The highest BCUT2D eigenvalue weighted by atomic mass is 32.2. The number of nitrogens with one attached hydrogen (secondary N) is 1. The molecule has 0 saturated carbocycles. The smallest absolute Gasteiger partial charge is 0.255 e. The third-order valence-electron chi connectivity index (χ3n) is 4.41. The first kappa shape index (κ1) is 18.8. The molecule has 1 fully saturated rings. The van der Waals surface area contributed by atoms with Crippen molar-refractivity contribution in [3.05, 3.63) is 54.1 Å². The molecule has 0 radical (unpaired) electrons. The molecule has 146 valence electrons. The van der Waals surface area contributed by atoms with Gasteiger partial charge in [-0.1, -0.05) is 17.8 Å². The van der Waals surface area contributed by atoms with Gasteiger partial charge in [-0.15, -0.1) is 5.10 Å². The van der Waals surface area contributed by atoms with E-state index in [0.717, 1.165) is 10.6 Å². The molecule has 1 aliphatic heterocycles. The molecule has 0 bridgehead atoms. The van der Waals surface area contributed by atoms with Gasteiger partial charge in [0.2, 0.25) is 17.0 Å². The molecular formula is C19H16N6O3S. The second-order valence-corrected chi connectivity index (χ2v) is 7.02. The molecule has 3 aromatic rings. The number of amides is 3. The van der Waals surface area contributed by atoms with Crippen LogP contribution in [0.25, 0.3) is 5.69 Å². The summed E-state index contributed by atoms with van der Waals surface area (Å²) in [6, 6.07) is 13.5. The summed E-state index contributed by atoms with van der Waals surface area (Å²) in [6.07, 6.45) is 2.31. The molecule has 1 aromatic heterocycles. The van der Waals surface area contributed by atoms with Gasteiger partial charge in [0.25, 0.3) is 5.91 Å². The summed E-state index contributed by atoms with van der Waals surface area (Å²) in [5.74, 6) is -0.762. The topological polar surface area (TPSA) is 110 Å². The molecule has 29 heavy (non-hydrogen) atoms. The van der Waals surface area contributed by atoms with Crippen molar-refractivity contribution < 1.29 is 14.4 Å². The van der Waals surface area contributed by atoms with Crippen molar-refractivity contribution in [2.24, 2.45) is 0 Å². The van der Waals surface area contributed by atoms with Crippen LogP contribution in [0.3, 0.4) is 0 Å². The van der Waals surface area contributed by atoms with Gasteiger partial charge < -0.3 is 5.32 Å². The van der Waals surface area contributed by atoms with Crippen molar-refractivity contribution in [1.29, 1.82) is 0 Å². The summed E-state index contributed by atoms with van der Waals surface area (Å²) in [5, 5.41) is 15.0. The number of anilines is 2. The van der Waals surface area contributed by atoms with E-state index in [1.54, 1.807) is 47.1 Å². The summed E-state index contributed by atoms with van der Waals surface area (Å²) in [6.45, 7) is 0. The third-order valence-corrected chi connectivity index (χ3v) is 5.03. The third kappa shape index (κ3) is 3.74. The molecule has 10 heteroatoms. The molecule has 9 nitrogen and oxygen atoms in total. The number of nitrogens with zero attached hydrogens (tertiary/aromatic N) is 5. The van der Waals surface area contributed by atoms with Gasteiger partial charge in [-0.05, 0) is 59.1 Å². The van der Waals surface area contributed by atoms with Gasteiger partial charge in [0.15, 0.2) is 0 Å². The van der Waals surface area contributed by atoms with Crippen molar-refractivity contribution >= 4 is 40.9 Å². The van der Waals surface area contributed by atoms with Gasteiger partial charge >= 0.3 is 0 Å². The van der Waals surface area contributed by atoms with Gasteiger partial charge in [-0.3, -0.25) is 19.3 Å². The van der Waals surface area contributed by atoms with Gasteiger partial charge in [-0.25, -0.2) is 0 Å². The van der Waals surface area contributed by atoms with E-state index < -0.39 is 0 Å². The zero-order valence-corrected chi connectivity index (χ0v) is 16.2. The lowest BCUT2D eigenvalue weighted by molar-refractivity contribution is -0.121. The molecule has 3 amide bonds. The summed E-state index contributed by atoms with van der Waals surface area (Å²) in [7, 11) is 0. The predicted molar refractivity (Wildman–Crippen MR) is 107 cm³/mol. The minimum Gasteiger partial charge on any atom is -0.322 e. The van der Waals surface area contributed by atoms with E-state index >= 15 is 0 Å². The Hall–Kier alpha value is -3.53. The highest BCUT2D eigenvalue weighted by Gasteiger charge is 2.30. The molecule has 0 atom stereocenters. The van der Waals surface area contributed by atoms with Crippen molar-refractivity contribution in [1.82, 2.24) is 20.2 Å². The zero-order chi connectivity index (χ0) is 20.4. The summed E-state index contributed by atoms with van der Waals surface area (Å²) >= 11 is 1.41. The summed E-state index contributed by atoms with van der Waals surface area (Å²) < 4.78 is 1.58. The number of hydrogen-bond donors (Lipinski definition) is 1. The van der Waals surface area contributed by atoms with E-state index in [1.807, 2.05) is 12.3 Å². The SMILES string of the molecule is CSc1nnnn1-c1cccc(NC(=O)c2ccc(N3C(=O)CCC3=O)cc2)c1. The minimum absolute atomic E-state index is 0.219. The van der Waals surface area contributed by atoms with Crippen molar-refractivity contribution in [3.8, 4) is 5.69 Å². The fraction of sp³-hybridized carbons (Fsp3) is 0.158. The van der Waals surface area contributed by atoms with Crippen LogP contribution < -0.4 is 10.2 Å². The molecule has 0 spiro atoms. The predicted octanol–water partition coefficient (Wildman–Crippen LogP) is 2.29. The standard InChI is InChI=1S/C19H16N6O3S/c1-29-19-21-22-23-25(19)15-4-2-3-13(11-15)20-18(28)12-5-7-14(8-6-12)24-16(26)9-10-17(24)27/h2-8,11H,9-10H2,1H3,(H,20,28). The first-order valence-corrected chi connectivity index (χ1v) is 9.99. The molecule has 1 N–H and O–H groups in total. The zero-order valence-electron chi connectivity index (χ0n) is 15.4. The Morgan fingerprint density at radius 3 is 2.45 bits per heavy atom. The first-order valence-electron chi connectivity index (χ1n) is 8.77. The number of thioether (sulfide) groups is 1. The molecule has 4 rings (SSSR count). The Kier molecular flexibility index (Phi) is 5.09. The highest BCUT2D eigenvalue weighted by molar-refractivity contribution is 7.98. The van der Waals surface area contributed by atoms with Crippen LogP contribution in [0, 0.1) is 0 Å². The average Bonchev–Trinajstić information content (AvgIpc) is 3.34. The van der Waals surface area contributed by atoms with Crippen LogP contribution in [0.4, 0.5) is 11.4 Å². The number of hydrogen-bond acceptors (Lipinski definition) is 7. The van der Waals surface area contributed by atoms with Crippen molar-refractivity contribution in [3.63, 3.8) is 0 Å². The monoisotopic (exact) mass is 408 g/mol. The molecule has 1 aliphatic rings. The van der Waals surface area contributed by atoms with E-state index in [2.05, 4.69) is 20.8 Å². The summed E-state index contributed by atoms with van der Waals surface area (Å²) in [4.78, 5) is 37.4. The molecule has 1 saturated heterocycles. The van der Waals surface area contributed by atoms with E-state index in [0.29, 0.717) is 22.1 Å². The van der Waals surface area contributed by atoms with Crippen LogP contribution in [-0.4, -0.2) is 44.2 Å². The minimum atomic E-state index is -0.311. The number of benzene rings is 2. The average molecular weight is 408 g/mol. The Bertz CT molecular complexity index is 1080. The van der Waals surface area contributed by atoms with Gasteiger partial charge in [-0.2, -0.15) is 4.68 Å². The van der Waals surface area contributed by atoms with Crippen LogP contribution in [0.2, 0.25) is 0 Å². The molecule has 2 aromatic carbocycles. The number of rotatable bonds is 5. The quantitative estimate of drug-likeness (QED) is 0.509. The molecule has 0 aliphatic carbocycles. The lowest BCUT2D eigenvalue weighted by Crippen LogP contribution is -2.28. The fourth-order valence-electron chi connectivity index (χ4n) is 3.01. The number of aromatic nitrogens is 4. The van der Waals surface area contributed by atoms with Gasteiger partial charge in [0.05, 0.1) is 11.4 Å². The van der Waals surface area contributed by atoms with Crippen molar-refractivity contribution in [2.45, 2.75) is 18.0 Å². The normalized spacial score (nSPS) is 13.8. The second-order valence-electron chi connectivity index (χ2n) is 6.25. The van der Waals surface area contributed by atoms with Crippen LogP contribution in [0.15, 0.2) is 53.7 Å². The number of imide groups is 1. The van der Waals surface area contributed by atoms with Crippen LogP contribution in [0.1, 0.15) is 23.2 Å². The van der Waals surface area contributed by atoms with Crippen molar-refractivity contribution in [2.75, 3.05) is 16.5 Å². The highest BCUT2D eigenvalue weighted by Crippen LogP contribution is 2.23. The maximum absolute atomic E-state index is 12.6. The maximum Gasteiger partial charge on any atom is 0.255 e. The summed E-state index contributed by atoms with van der Waals surface area (Å²) in [5.41, 5.74) is 2.19. The van der Waals surface area contributed by atoms with Gasteiger partial charge in [0, 0.05) is 24.1 Å². The van der Waals surface area contributed by atoms with E-state index in [9.17, 15) is 14.4 Å². The molecule has 2 heterocycles.